The Bertz CT molecular complexity index is 1440. The van der Waals surface area contributed by atoms with Crippen LogP contribution in [-0.4, -0.2) is 30.6 Å². The third-order valence-corrected chi connectivity index (χ3v) is 9.14. The second kappa shape index (κ2) is 13.9. The molecule has 0 aliphatic rings. The van der Waals surface area contributed by atoms with Crippen molar-refractivity contribution in [3.63, 3.8) is 0 Å². The predicted molar refractivity (Wildman–Crippen MR) is 155 cm³/mol. The zero-order chi connectivity index (χ0) is 31.0. The highest BCUT2D eigenvalue weighted by atomic mass is 31.1. The first-order valence-electron chi connectivity index (χ1n) is 13.2. The Morgan fingerprint density at radius 3 is 1.60 bits per heavy atom. The molecule has 4 aromatic carbocycles. The Morgan fingerprint density at radius 2 is 1.14 bits per heavy atom. The minimum absolute atomic E-state index is 0.0601. The van der Waals surface area contributed by atoms with Crippen LogP contribution in [0.1, 0.15) is 27.0 Å². The number of benzene rings is 4. The summed E-state index contributed by atoms with van der Waals surface area (Å²) in [5.74, 6) is -1.87. The molecule has 0 bridgehead atoms. The summed E-state index contributed by atoms with van der Waals surface area (Å²) < 4.78 is 79.3. The third-order valence-electron chi connectivity index (χ3n) is 6.49. The van der Waals surface area contributed by atoms with E-state index in [-0.39, 0.29) is 6.07 Å². The highest BCUT2D eigenvalue weighted by Gasteiger charge is 2.37. The van der Waals surface area contributed by atoms with Crippen LogP contribution in [0.15, 0.2) is 109 Å². The highest BCUT2D eigenvalue weighted by molar-refractivity contribution is 7.73. The molecule has 0 radical (unpaired) electrons. The summed E-state index contributed by atoms with van der Waals surface area (Å²) in [6.07, 6.45) is -9.20. The molecule has 0 unspecified atom stereocenters. The molecular weight excluding hydrogens is 589 g/mol. The molecule has 4 rings (SSSR count). The standard InChI is InChI=1S/C32H27F6N2O2P/c33-31(34,35)24-17-23(18-25(19-24)32(36,37)38)30(42)39-20-29(41)40-26(16-22-10-4-1-5-11-22)21-43(27-12-6-2-7-13-27)28-14-8-3-9-15-28/h1-15,17-19,26H,16,20-21H2,(H,39,42)(H,40,41)/t26-/m0/s1. The minimum atomic E-state index is -5.10. The topological polar surface area (TPSA) is 58.2 Å². The van der Waals surface area contributed by atoms with Crippen LogP contribution < -0.4 is 21.2 Å². The van der Waals surface area contributed by atoms with Gasteiger partial charge in [0.1, 0.15) is 0 Å². The maximum Gasteiger partial charge on any atom is 0.416 e. The van der Waals surface area contributed by atoms with Crippen LogP contribution in [-0.2, 0) is 23.6 Å². The van der Waals surface area contributed by atoms with Gasteiger partial charge in [0.05, 0.1) is 17.7 Å². The van der Waals surface area contributed by atoms with Crippen LogP contribution >= 0.6 is 7.92 Å². The minimum Gasteiger partial charge on any atom is -0.351 e. The van der Waals surface area contributed by atoms with Crippen molar-refractivity contribution in [2.24, 2.45) is 0 Å². The van der Waals surface area contributed by atoms with Crippen LogP contribution in [0.5, 0.6) is 0 Å². The molecule has 4 nitrogen and oxygen atoms in total. The first-order chi connectivity index (χ1) is 20.4. The van der Waals surface area contributed by atoms with Crippen molar-refractivity contribution >= 4 is 30.3 Å². The van der Waals surface area contributed by atoms with Gasteiger partial charge >= 0.3 is 12.4 Å². The maximum absolute atomic E-state index is 13.2. The Balaban J connectivity index is 1.52. The number of carbonyl (C=O) groups excluding carboxylic acids is 2. The molecule has 0 spiro atoms. The third kappa shape index (κ3) is 9.16. The molecule has 0 aromatic heterocycles. The van der Waals surface area contributed by atoms with Crippen molar-refractivity contribution in [2.75, 3.05) is 12.7 Å². The second-order valence-corrected chi connectivity index (χ2v) is 12.0. The lowest BCUT2D eigenvalue weighted by Gasteiger charge is -2.26. The van der Waals surface area contributed by atoms with Gasteiger partial charge in [-0.05, 0) is 54.9 Å². The van der Waals surface area contributed by atoms with Crippen LogP contribution in [0.25, 0.3) is 0 Å². The van der Waals surface area contributed by atoms with Crippen molar-refractivity contribution in [3.8, 4) is 0 Å². The summed E-state index contributed by atoms with van der Waals surface area (Å²) in [5, 5.41) is 7.26. The summed E-state index contributed by atoms with van der Waals surface area (Å²) in [6, 6.07) is 29.3. The van der Waals surface area contributed by atoms with E-state index in [9.17, 15) is 35.9 Å². The molecule has 2 amide bonds. The van der Waals surface area contributed by atoms with Gasteiger partial charge in [-0.2, -0.15) is 26.3 Å². The van der Waals surface area contributed by atoms with Gasteiger partial charge in [0.25, 0.3) is 5.91 Å². The Morgan fingerprint density at radius 1 is 0.674 bits per heavy atom. The van der Waals surface area contributed by atoms with Crippen molar-refractivity contribution < 1.29 is 35.9 Å². The summed E-state index contributed by atoms with van der Waals surface area (Å²) in [5.41, 5.74) is -3.13. The van der Waals surface area contributed by atoms with Gasteiger partial charge in [-0.1, -0.05) is 91.0 Å². The van der Waals surface area contributed by atoms with Crippen molar-refractivity contribution in [1.82, 2.24) is 10.6 Å². The van der Waals surface area contributed by atoms with E-state index in [1.807, 2.05) is 91.0 Å². The van der Waals surface area contributed by atoms with Crippen LogP contribution in [0.2, 0.25) is 0 Å². The fourth-order valence-corrected chi connectivity index (χ4v) is 6.93. The first kappa shape index (κ1) is 31.8. The zero-order valence-corrected chi connectivity index (χ0v) is 23.5. The number of rotatable bonds is 10. The molecule has 4 aromatic rings. The Hall–Kier alpha value is -4.17. The van der Waals surface area contributed by atoms with E-state index in [4.69, 9.17) is 0 Å². The molecular formula is C32H27F6N2O2P. The summed E-state index contributed by atoms with van der Waals surface area (Å²) >= 11 is 0. The smallest absolute Gasteiger partial charge is 0.351 e. The van der Waals surface area contributed by atoms with Gasteiger partial charge < -0.3 is 10.6 Å². The van der Waals surface area contributed by atoms with E-state index in [0.29, 0.717) is 24.7 Å². The largest absolute Gasteiger partial charge is 0.416 e. The van der Waals surface area contributed by atoms with Crippen molar-refractivity contribution in [2.45, 2.75) is 24.8 Å². The molecule has 0 aliphatic heterocycles. The van der Waals surface area contributed by atoms with E-state index in [0.717, 1.165) is 16.2 Å². The monoisotopic (exact) mass is 616 g/mol. The summed E-state index contributed by atoms with van der Waals surface area (Å²) in [4.78, 5) is 25.6. The number of carbonyl (C=O) groups is 2. The molecule has 0 fully saturated rings. The van der Waals surface area contributed by atoms with Gasteiger partial charge in [-0.25, -0.2) is 0 Å². The molecule has 0 heterocycles. The summed E-state index contributed by atoms with van der Waals surface area (Å²) in [6.45, 7) is -0.643. The molecule has 1 atom stereocenters. The number of amides is 2. The van der Waals surface area contributed by atoms with Crippen LogP contribution in [0, 0.1) is 0 Å². The molecule has 224 valence electrons. The lowest BCUT2D eigenvalue weighted by Crippen LogP contribution is -2.45. The Kier molecular flexibility index (Phi) is 10.2. The molecule has 0 saturated carbocycles. The number of halogens is 6. The molecule has 2 N–H and O–H groups in total. The highest BCUT2D eigenvalue weighted by Crippen LogP contribution is 2.37. The number of alkyl halides is 6. The maximum atomic E-state index is 13.2. The number of nitrogens with one attached hydrogen (secondary N) is 2. The van der Waals surface area contributed by atoms with Crippen LogP contribution in [0.4, 0.5) is 26.3 Å². The molecule has 0 saturated heterocycles. The summed E-state index contributed by atoms with van der Waals surface area (Å²) in [7, 11) is -0.920. The Labute approximate surface area is 245 Å². The molecule has 0 aliphatic carbocycles. The average molecular weight is 617 g/mol. The van der Waals surface area contributed by atoms with Gasteiger partial charge in [-0.3, -0.25) is 9.59 Å². The van der Waals surface area contributed by atoms with Gasteiger partial charge in [0.15, 0.2) is 0 Å². The van der Waals surface area contributed by atoms with E-state index in [2.05, 4.69) is 10.6 Å². The quantitative estimate of drug-likeness (QED) is 0.162. The average Bonchev–Trinajstić information content (AvgIpc) is 2.99. The van der Waals surface area contributed by atoms with Crippen LogP contribution in [0.3, 0.4) is 0 Å². The van der Waals surface area contributed by atoms with Gasteiger partial charge in [-0.15, -0.1) is 0 Å². The van der Waals surface area contributed by atoms with Gasteiger partial charge in [0.2, 0.25) is 5.91 Å². The first-order valence-corrected chi connectivity index (χ1v) is 14.7. The zero-order valence-electron chi connectivity index (χ0n) is 22.6. The van der Waals surface area contributed by atoms with Gasteiger partial charge in [0, 0.05) is 11.6 Å². The molecule has 11 heteroatoms. The van der Waals surface area contributed by atoms with E-state index < -0.39 is 61.4 Å². The fraction of sp³-hybridized carbons (Fsp3) is 0.188. The van der Waals surface area contributed by atoms with E-state index >= 15 is 0 Å². The fourth-order valence-electron chi connectivity index (χ4n) is 4.48. The van der Waals surface area contributed by atoms with E-state index in [1.54, 1.807) is 0 Å². The predicted octanol–water partition coefficient (Wildman–Crippen LogP) is 6.31. The number of hydrogen-bond donors (Lipinski definition) is 2. The van der Waals surface area contributed by atoms with E-state index in [1.165, 1.54) is 0 Å². The second-order valence-electron chi connectivity index (χ2n) is 9.71. The lowest BCUT2D eigenvalue weighted by atomic mass is 10.0. The normalized spacial score (nSPS) is 12.5. The lowest BCUT2D eigenvalue weighted by molar-refractivity contribution is -0.143. The van der Waals surface area contributed by atoms with Crippen molar-refractivity contribution in [3.05, 3.63) is 131 Å². The molecule has 43 heavy (non-hydrogen) atoms. The SMILES string of the molecule is O=C(CNC(=O)c1cc(C(F)(F)F)cc(C(F)(F)F)c1)N[C@@H](Cc1ccccc1)CP(c1ccccc1)c1ccccc1. The number of hydrogen-bond acceptors (Lipinski definition) is 2. The van der Waals surface area contributed by atoms with Crippen molar-refractivity contribution in [1.29, 1.82) is 0 Å².